The number of likely N-dealkylation sites (tertiary alicyclic amines) is 1. The number of nitrogens with zero attached hydrogens (tertiary/aromatic N) is 3. The van der Waals surface area contributed by atoms with Gasteiger partial charge >= 0.3 is 0 Å². The highest BCUT2D eigenvalue weighted by atomic mass is 16.1. The van der Waals surface area contributed by atoms with Crippen LogP contribution in [0.5, 0.6) is 0 Å². The summed E-state index contributed by atoms with van der Waals surface area (Å²) in [7, 11) is 0. The monoisotopic (exact) mass is 360 g/mol. The van der Waals surface area contributed by atoms with Crippen LogP contribution in [0.2, 0.25) is 0 Å². The Morgan fingerprint density at radius 3 is 2.48 bits per heavy atom. The zero-order chi connectivity index (χ0) is 18.6. The number of hydrogen-bond donors (Lipinski definition) is 1. The van der Waals surface area contributed by atoms with Crippen molar-refractivity contribution in [3.63, 3.8) is 0 Å². The van der Waals surface area contributed by atoms with Gasteiger partial charge in [0.05, 0.1) is 16.9 Å². The maximum atomic E-state index is 12.0. The summed E-state index contributed by atoms with van der Waals surface area (Å²) >= 11 is 0. The van der Waals surface area contributed by atoms with Crippen LogP contribution in [0.25, 0.3) is 5.69 Å². The van der Waals surface area contributed by atoms with E-state index in [2.05, 4.69) is 29.2 Å². The molecule has 5 heteroatoms. The molecular formula is C22H24N4O. The van der Waals surface area contributed by atoms with Crippen LogP contribution < -0.4 is 5.73 Å². The minimum atomic E-state index is -0.410. The average molecular weight is 360 g/mol. The lowest BCUT2D eigenvalue weighted by Gasteiger charge is -2.32. The van der Waals surface area contributed by atoms with E-state index < -0.39 is 5.91 Å². The summed E-state index contributed by atoms with van der Waals surface area (Å²) in [6, 6.07) is 20.3. The summed E-state index contributed by atoms with van der Waals surface area (Å²) in [5.41, 5.74) is 9.26. The van der Waals surface area contributed by atoms with Gasteiger partial charge in [-0.05, 0) is 37.1 Å². The van der Waals surface area contributed by atoms with E-state index in [0.29, 0.717) is 5.56 Å². The fourth-order valence-corrected chi connectivity index (χ4v) is 3.86. The largest absolute Gasteiger partial charge is 0.365 e. The van der Waals surface area contributed by atoms with E-state index in [1.807, 2.05) is 36.4 Å². The molecule has 0 aliphatic carbocycles. The molecule has 1 aliphatic rings. The number of aromatic nitrogens is 2. The van der Waals surface area contributed by atoms with E-state index in [1.54, 1.807) is 10.9 Å². The number of hydrogen-bond acceptors (Lipinski definition) is 3. The molecule has 1 atom stereocenters. The molecule has 2 aromatic carbocycles. The van der Waals surface area contributed by atoms with Gasteiger partial charge in [-0.3, -0.25) is 9.69 Å². The van der Waals surface area contributed by atoms with Gasteiger partial charge in [0.15, 0.2) is 0 Å². The Labute approximate surface area is 159 Å². The highest BCUT2D eigenvalue weighted by Crippen LogP contribution is 2.29. The molecular weight excluding hydrogens is 336 g/mol. The van der Waals surface area contributed by atoms with Crippen LogP contribution in [0.1, 0.15) is 40.4 Å². The number of para-hydroxylation sites is 1. The van der Waals surface area contributed by atoms with Crippen LogP contribution in [-0.2, 0) is 6.54 Å². The highest BCUT2D eigenvalue weighted by molar-refractivity contribution is 5.94. The number of rotatable bonds is 5. The molecule has 1 amide bonds. The van der Waals surface area contributed by atoms with Gasteiger partial charge in [-0.15, -0.1) is 0 Å². The number of amides is 1. The smallest absolute Gasteiger partial charge is 0.252 e. The van der Waals surface area contributed by atoms with E-state index in [-0.39, 0.29) is 5.92 Å². The fraction of sp³-hybridized carbons (Fsp3) is 0.273. The molecule has 1 aliphatic heterocycles. The second-order valence-electron chi connectivity index (χ2n) is 7.13. The molecule has 2 heterocycles. The van der Waals surface area contributed by atoms with Gasteiger partial charge in [0.2, 0.25) is 0 Å². The van der Waals surface area contributed by atoms with Gasteiger partial charge in [-0.2, -0.15) is 5.10 Å². The predicted octanol–water partition coefficient (Wildman–Crippen LogP) is 3.35. The first-order chi connectivity index (χ1) is 13.2. The Morgan fingerprint density at radius 2 is 1.78 bits per heavy atom. The van der Waals surface area contributed by atoms with Crippen molar-refractivity contribution in [2.45, 2.75) is 25.3 Å². The van der Waals surface area contributed by atoms with Gasteiger partial charge in [-0.25, -0.2) is 4.68 Å². The third kappa shape index (κ3) is 3.93. The van der Waals surface area contributed by atoms with Crippen molar-refractivity contribution in [3.8, 4) is 5.69 Å². The lowest BCUT2D eigenvalue weighted by Crippen LogP contribution is -2.34. The van der Waals surface area contributed by atoms with Crippen molar-refractivity contribution in [1.82, 2.24) is 14.7 Å². The zero-order valence-electron chi connectivity index (χ0n) is 15.3. The van der Waals surface area contributed by atoms with Crippen molar-refractivity contribution in [3.05, 3.63) is 83.7 Å². The highest BCUT2D eigenvalue weighted by Gasteiger charge is 2.27. The normalized spacial score (nSPS) is 17.7. The van der Waals surface area contributed by atoms with E-state index in [4.69, 9.17) is 10.8 Å². The summed E-state index contributed by atoms with van der Waals surface area (Å²) < 4.78 is 1.77. The molecule has 27 heavy (non-hydrogen) atoms. The molecule has 0 unspecified atom stereocenters. The summed E-state index contributed by atoms with van der Waals surface area (Å²) in [4.78, 5) is 14.5. The lowest BCUT2D eigenvalue weighted by atomic mass is 9.92. The van der Waals surface area contributed by atoms with Gasteiger partial charge < -0.3 is 5.73 Å². The molecule has 0 saturated carbocycles. The van der Waals surface area contributed by atoms with Crippen LogP contribution in [0.15, 0.2) is 66.9 Å². The van der Waals surface area contributed by atoms with Gasteiger partial charge in [0, 0.05) is 25.2 Å². The van der Waals surface area contributed by atoms with Crippen molar-refractivity contribution in [2.24, 2.45) is 5.73 Å². The number of carbonyl (C=O) groups excluding carboxylic acids is 1. The Balaban J connectivity index is 1.58. The molecule has 0 spiro atoms. The summed E-state index contributed by atoms with van der Waals surface area (Å²) in [5, 5.41) is 4.76. The SMILES string of the molecule is NC(=O)c1cn(-c2ccccc2)nc1[C@@H]1CCCN(Cc2ccccc2)C1. The maximum Gasteiger partial charge on any atom is 0.252 e. The number of piperidine rings is 1. The molecule has 3 aromatic rings. The zero-order valence-corrected chi connectivity index (χ0v) is 15.3. The Hall–Kier alpha value is -2.92. The average Bonchev–Trinajstić information content (AvgIpc) is 3.16. The molecule has 1 saturated heterocycles. The number of benzene rings is 2. The van der Waals surface area contributed by atoms with Crippen LogP contribution in [0.3, 0.4) is 0 Å². The molecule has 1 aromatic heterocycles. The third-order valence-corrected chi connectivity index (χ3v) is 5.17. The number of nitrogens with two attached hydrogens (primary N) is 1. The first-order valence-corrected chi connectivity index (χ1v) is 9.42. The number of primary amides is 1. The van der Waals surface area contributed by atoms with Crippen LogP contribution in [0, 0.1) is 0 Å². The van der Waals surface area contributed by atoms with Crippen molar-refractivity contribution in [2.75, 3.05) is 13.1 Å². The van der Waals surface area contributed by atoms with Crippen LogP contribution >= 0.6 is 0 Å². The molecule has 2 N–H and O–H groups in total. The fourth-order valence-electron chi connectivity index (χ4n) is 3.86. The van der Waals surface area contributed by atoms with E-state index >= 15 is 0 Å². The topological polar surface area (TPSA) is 64.2 Å². The summed E-state index contributed by atoms with van der Waals surface area (Å²) in [5.74, 6) is -0.192. The van der Waals surface area contributed by atoms with Gasteiger partial charge in [0.1, 0.15) is 0 Å². The quantitative estimate of drug-likeness (QED) is 0.759. The second kappa shape index (κ2) is 7.76. The summed E-state index contributed by atoms with van der Waals surface area (Å²) in [6.45, 7) is 2.88. The van der Waals surface area contributed by atoms with E-state index in [9.17, 15) is 4.79 Å². The predicted molar refractivity (Wildman–Crippen MR) is 106 cm³/mol. The standard InChI is InChI=1S/C22H24N4O/c23-22(27)20-16-26(19-11-5-2-6-12-19)24-21(20)18-10-7-13-25(15-18)14-17-8-3-1-4-9-17/h1-6,8-9,11-12,16,18H,7,10,13-15H2,(H2,23,27)/t18-/m1/s1. The maximum absolute atomic E-state index is 12.0. The number of carbonyl (C=O) groups is 1. The Kier molecular flexibility index (Phi) is 5.03. The Bertz CT molecular complexity index is 905. The molecule has 1 fully saturated rings. The summed E-state index contributed by atoms with van der Waals surface area (Å²) in [6.07, 6.45) is 3.88. The van der Waals surface area contributed by atoms with Crippen molar-refractivity contribution in [1.29, 1.82) is 0 Å². The first-order valence-electron chi connectivity index (χ1n) is 9.42. The van der Waals surface area contributed by atoms with Crippen LogP contribution in [-0.4, -0.2) is 33.7 Å². The minimum Gasteiger partial charge on any atom is -0.365 e. The Morgan fingerprint density at radius 1 is 1.07 bits per heavy atom. The van der Waals surface area contributed by atoms with E-state index in [0.717, 1.165) is 43.9 Å². The molecule has 138 valence electrons. The lowest BCUT2D eigenvalue weighted by molar-refractivity contribution is 0.0997. The van der Waals surface area contributed by atoms with E-state index in [1.165, 1.54) is 5.56 Å². The van der Waals surface area contributed by atoms with Crippen molar-refractivity contribution < 1.29 is 4.79 Å². The molecule has 4 rings (SSSR count). The van der Waals surface area contributed by atoms with Gasteiger partial charge in [0.25, 0.3) is 5.91 Å². The van der Waals surface area contributed by atoms with Crippen LogP contribution in [0.4, 0.5) is 0 Å². The van der Waals surface area contributed by atoms with Gasteiger partial charge in [-0.1, -0.05) is 48.5 Å². The molecule has 0 bridgehead atoms. The first kappa shape index (κ1) is 17.5. The second-order valence-corrected chi connectivity index (χ2v) is 7.13. The minimum absolute atomic E-state index is 0.218. The molecule has 5 nitrogen and oxygen atoms in total. The van der Waals surface area contributed by atoms with Crippen molar-refractivity contribution >= 4 is 5.91 Å². The molecule has 0 radical (unpaired) electrons. The third-order valence-electron chi connectivity index (χ3n) is 5.17.